The molecule has 1 atom stereocenters. The molecule has 2 heterocycles. The fraction of sp³-hybridized carbons (Fsp3) is 0.786. The number of nitrogens with zero attached hydrogens (tertiary/aromatic N) is 3. The molecule has 1 unspecified atom stereocenters. The predicted molar refractivity (Wildman–Crippen MR) is 79.6 cm³/mol. The molecule has 1 aliphatic heterocycles. The van der Waals surface area contributed by atoms with Gasteiger partial charge in [0.25, 0.3) is 0 Å². The number of halogens is 1. The van der Waals surface area contributed by atoms with E-state index in [4.69, 9.17) is 11.6 Å². The molecule has 1 aromatic rings. The van der Waals surface area contributed by atoms with E-state index in [2.05, 4.69) is 36.1 Å². The van der Waals surface area contributed by atoms with Crippen molar-refractivity contribution in [3.8, 4) is 0 Å². The van der Waals surface area contributed by atoms with Gasteiger partial charge in [0, 0.05) is 38.8 Å². The molecule has 2 rings (SSSR count). The quantitative estimate of drug-likeness (QED) is 0.921. The standard InChI is InChI=1S/C14H25ClN4/c1-5-19-13(14(15)11(4)17-19)9-18-7-6-16-8-12(18)10(2)3/h10,12,16H,5-9H2,1-4H3. The molecule has 1 saturated heterocycles. The minimum atomic E-state index is 0.574. The van der Waals surface area contributed by atoms with Gasteiger partial charge in [-0.3, -0.25) is 9.58 Å². The van der Waals surface area contributed by atoms with Crippen LogP contribution in [0.4, 0.5) is 0 Å². The van der Waals surface area contributed by atoms with Crippen molar-refractivity contribution in [2.24, 2.45) is 5.92 Å². The minimum absolute atomic E-state index is 0.574. The molecule has 0 radical (unpaired) electrons. The summed E-state index contributed by atoms with van der Waals surface area (Å²) in [6.07, 6.45) is 0. The Morgan fingerprint density at radius 1 is 1.47 bits per heavy atom. The van der Waals surface area contributed by atoms with Crippen LogP contribution in [0.5, 0.6) is 0 Å². The molecule has 5 heteroatoms. The van der Waals surface area contributed by atoms with Gasteiger partial charge in [-0.1, -0.05) is 25.4 Å². The second-order valence-electron chi connectivity index (χ2n) is 5.65. The zero-order valence-electron chi connectivity index (χ0n) is 12.4. The van der Waals surface area contributed by atoms with E-state index in [9.17, 15) is 0 Å². The third-order valence-corrected chi connectivity index (χ3v) is 4.47. The Hall–Kier alpha value is -0.580. The number of aryl methyl sites for hydroxylation is 2. The van der Waals surface area contributed by atoms with Gasteiger partial charge >= 0.3 is 0 Å². The zero-order chi connectivity index (χ0) is 14.0. The van der Waals surface area contributed by atoms with Crippen LogP contribution in [0.3, 0.4) is 0 Å². The lowest BCUT2D eigenvalue weighted by molar-refractivity contribution is 0.114. The van der Waals surface area contributed by atoms with Crippen molar-refractivity contribution in [1.82, 2.24) is 20.0 Å². The van der Waals surface area contributed by atoms with E-state index < -0.39 is 0 Å². The summed E-state index contributed by atoms with van der Waals surface area (Å²) in [6.45, 7) is 13.6. The highest BCUT2D eigenvalue weighted by Gasteiger charge is 2.27. The summed E-state index contributed by atoms with van der Waals surface area (Å²) in [7, 11) is 0. The Labute approximate surface area is 121 Å². The Bertz CT molecular complexity index is 427. The first-order valence-electron chi connectivity index (χ1n) is 7.21. The molecular formula is C14H25ClN4. The first kappa shape index (κ1) is 14.8. The summed E-state index contributed by atoms with van der Waals surface area (Å²) < 4.78 is 2.04. The van der Waals surface area contributed by atoms with Crippen LogP contribution >= 0.6 is 11.6 Å². The Morgan fingerprint density at radius 3 is 2.84 bits per heavy atom. The van der Waals surface area contributed by atoms with Gasteiger partial charge in [0.2, 0.25) is 0 Å². The van der Waals surface area contributed by atoms with Crippen LogP contribution in [0.25, 0.3) is 0 Å². The summed E-state index contributed by atoms with van der Waals surface area (Å²) in [5.74, 6) is 0.644. The van der Waals surface area contributed by atoms with Crippen molar-refractivity contribution in [2.45, 2.75) is 46.8 Å². The van der Waals surface area contributed by atoms with Gasteiger partial charge in [0.1, 0.15) is 0 Å². The van der Waals surface area contributed by atoms with Gasteiger partial charge in [-0.05, 0) is 19.8 Å². The molecule has 1 N–H and O–H groups in total. The van der Waals surface area contributed by atoms with Gasteiger partial charge in [-0.15, -0.1) is 0 Å². The summed E-state index contributed by atoms with van der Waals surface area (Å²) in [4.78, 5) is 2.54. The SMILES string of the molecule is CCn1nc(C)c(Cl)c1CN1CCNCC1C(C)C. The van der Waals surface area contributed by atoms with E-state index in [0.717, 1.165) is 49.1 Å². The van der Waals surface area contributed by atoms with Gasteiger partial charge in [-0.25, -0.2) is 0 Å². The van der Waals surface area contributed by atoms with Crippen molar-refractivity contribution >= 4 is 11.6 Å². The fourth-order valence-corrected chi connectivity index (χ4v) is 3.03. The normalized spacial score (nSPS) is 21.3. The maximum atomic E-state index is 6.41. The van der Waals surface area contributed by atoms with Crippen molar-refractivity contribution < 1.29 is 0 Å². The Kier molecular flexibility index (Phi) is 4.87. The summed E-state index contributed by atoms with van der Waals surface area (Å²) in [5.41, 5.74) is 2.10. The number of hydrogen-bond donors (Lipinski definition) is 1. The molecule has 1 aliphatic rings. The van der Waals surface area contributed by atoms with E-state index in [-0.39, 0.29) is 0 Å². The monoisotopic (exact) mass is 284 g/mol. The second kappa shape index (κ2) is 6.25. The highest BCUT2D eigenvalue weighted by Crippen LogP contribution is 2.24. The average Bonchev–Trinajstić information content (AvgIpc) is 2.67. The summed E-state index contributed by atoms with van der Waals surface area (Å²) in [6, 6.07) is 0.574. The fourth-order valence-electron chi connectivity index (χ4n) is 2.83. The van der Waals surface area contributed by atoms with Crippen LogP contribution < -0.4 is 5.32 Å². The van der Waals surface area contributed by atoms with Gasteiger partial charge < -0.3 is 5.32 Å². The molecule has 0 aromatic carbocycles. The molecular weight excluding hydrogens is 260 g/mol. The third kappa shape index (κ3) is 3.12. The molecule has 4 nitrogen and oxygen atoms in total. The Morgan fingerprint density at radius 2 is 2.21 bits per heavy atom. The van der Waals surface area contributed by atoms with Gasteiger partial charge in [0.15, 0.2) is 0 Å². The lowest BCUT2D eigenvalue weighted by atomic mass is 10.0. The van der Waals surface area contributed by atoms with Gasteiger partial charge in [-0.2, -0.15) is 5.10 Å². The van der Waals surface area contributed by atoms with Crippen molar-refractivity contribution in [3.05, 3.63) is 16.4 Å². The number of aromatic nitrogens is 2. The lowest BCUT2D eigenvalue weighted by Crippen LogP contribution is -2.53. The van der Waals surface area contributed by atoms with Crippen LogP contribution in [0.15, 0.2) is 0 Å². The minimum Gasteiger partial charge on any atom is -0.314 e. The van der Waals surface area contributed by atoms with E-state index in [1.165, 1.54) is 0 Å². The molecule has 0 aliphatic carbocycles. The molecule has 0 amide bonds. The number of nitrogens with one attached hydrogen (secondary N) is 1. The topological polar surface area (TPSA) is 33.1 Å². The predicted octanol–water partition coefficient (Wildman–Crippen LogP) is 2.29. The molecule has 108 valence electrons. The van der Waals surface area contributed by atoms with Crippen LogP contribution in [-0.4, -0.2) is 40.4 Å². The van der Waals surface area contributed by atoms with E-state index in [1.54, 1.807) is 0 Å². The van der Waals surface area contributed by atoms with Gasteiger partial charge in [0.05, 0.1) is 16.4 Å². The van der Waals surface area contributed by atoms with Crippen LogP contribution in [0, 0.1) is 12.8 Å². The largest absolute Gasteiger partial charge is 0.314 e. The molecule has 0 bridgehead atoms. The van der Waals surface area contributed by atoms with Crippen LogP contribution in [0.2, 0.25) is 5.02 Å². The lowest BCUT2D eigenvalue weighted by Gasteiger charge is -2.38. The summed E-state index contributed by atoms with van der Waals surface area (Å²) >= 11 is 6.41. The van der Waals surface area contributed by atoms with Crippen molar-refractivity contribution in [2.75, 3.05) is 19.6 Å². The van der Waals surface area contributed by atoms with Crippen LogP contribution in [-0.2, 0) is 13.1 Å². The van der Waals surface area contributed by atoms with Crippen LogP contribution in [0.1, 0.15) is 32.2 Å². The molecule has 1 aromatic heterocycles. The van der Waals surface area contributed by atoms with E-state index in [1.807, 2.05) is 11.6 Å². The van der Waals surface area contributed by atoms with E-state index >= 15 is 0 Å². The molecule has 1 fully saturated rings. The number of piperazine rings is 1. The highest BCUT2D eigenvalue weighted by molar-refractivity contribution is 6.31. The smallest absolute Gasteiger partial charge is 0.0860 e. The summed E-state index contributed by atoms with van der Waals surface area (Å²) in [5, 5.41) is 8.83. The second-order valence-corrected chi connectivity index (χ2v) is 6.03. The molecule has 0 saturated carbocycles. The third-order valence-electron chi connectivity index (χ3n) is 3.97. The zero-order valence-corrected chi connectivity index (χ0v) is 13.2. The number of hydrogen-bond acceptors (Lipinski definition) is 3. The average molecular weight is 285 g/mol. The first-order chi connectivity index (χ1) is 9.04. The number of rotatable bonds is 4. The van der Waals surface area contributed by atoms with Crippen molar-refractivity contribution in [3.63, 3.8) is 0 Å². The maximum absolute atomic E-state index is 6.41. The maximum Gasteiger partial charge on any atom is 0.0860 e. The van der Waals surface area contributed by atoms with E-state index in [0.29, 0.717) is 12.0 Å². The molecule has 0 spiro atoms. The molecule has 19 heavy (non-hydrogen) atoms. The Balaban J connectivity index is 2.19. The highest BCUT2D eigenvalue weighted by atomic mass is 35.5. The first-order valence-corrected chi connectivity index (χ1v) is 7.59. The van der Waals surface area contributed by atoms with Crippen molar-refractivity contribution in [1.29, 1.82) is 0 Å².